The van der Waals surface area contributed by atoms with Crippen molar-refractivity contribution in [1.29, 1.82) is 0 Å². The Kier molecular flexibility index (Phi) is 7.45. The van der Waals surface area contributed by atoms with Crippen LogP contribution in [0.25, 0.3) is 11.0 Å². The molecule has 2 aliphatic heterocycles. The van der Waals surface area contributed by atoms with E-state index in [0.29, 0.717) is 24.0 Å². The smallest absolute Gasteiger partial charge is 0.278 e. The average Bonchev–Trinajstić information content (AvgIpc) is 3.28. The normalized spacial score (nSPS) is 19.2. The number of hydrogen-bond donors (Lipinski definition) is 2. The molecule has 0 aliphatic carbocycles. The first-order chi connectivity index (χ1) is 17.2. The third-order valence-corrected chi connectivity index (χ3v) is 6.66. The van der Waals surface area contributed by atoms with Gasteiger partial charge in [0.1, 0.15) is 5.52 Å². The molecule has 0 spiro atoms. The van der Waals surface area contributed by atoms with Gasteiger partial charge in [0.25, 0.3) is 5.91 Å². The summed E-state index contributed by atoms with van der Waals surface area (Å²) in [6, 6.07) is 6.26. The Bertz CT molecular complexity index is 1120. The third-order valence-electron chi connectivity index (χ3n) is 6.66. The van der Waals surface area contributed by atoms with Crippen molar-refractivity contribution in [2.45, 2.75) is 44.9 Å². The van der Waals surface area contributed by atoms with E-state index < -0.39 is 0 Å². The fraction of sp³-hybridized carbons (Fsp3) is 0.542. The third kappa shape index (κ3) is 5.92. The topological polar surface area (TPSA) is 119 Å². The summed E-state index contributed by atoms with van der Waals surface area (Å²) < 4.78 is 7.25. The van der Waals surface area contributed by atoms with Gasteiger partial charge in [-0.25, -0.2) is 25.0 Å². The molecule has 186 valence electrons. The number of benzene rings is 1. The fourth-order valence-corrected chi connectivity index (χ4v) is 4.53. The maximum Gasteiger partial charge on any atom is 0.278 e. The van der Waals surface area contributed by atoms with Crippen molar-refractivity contribution in [3.63, 3.8) is 0 Å². The molecule has 2 fully saturated rings. The van der Waals surface area contributed by atoms with Gasteiger partial charge in [-0.1, -0.05) is 11.3 Å². The largest absolute Gasteiger partial charge is 0.350 e. The number of aromatic nitrogens is 5. The molecular formula is C24H32N8O3. The Morgan fingerprint density at radius 1 is 1.17 bits per heavy atom. The average molecular weight is 481 g/mol. The molecule has 1 aromatic carbocycles. The lowest BCUT2D eigenvalue weighted by molar-refractivity contribution is -0.186. The van der Waals surface area contributed by atoms with E-state index in [4.69, 9.17) is 9.57 Å². The highest BCUT2D eigenvalue weighted by Gasteiger charge is 2.22. The Morgan fingerprint density at radius 3 is 2.77 bits per heavy atom. The number of nitrogens with zero attached hydrogens (tertiary/aromatic N) is 6. The molecule has 1 atom stereocenters. The van der Waals surface area contributed by atoms with Crippen LogP contribution < -0.4 is 15.7 Å². The number of carbonyl (C=O) groups is 1. The zero-order valence-electron chi connectivity index (χ0n) is 20.0. The van der Waals surface area contributed by atoms with Gasteiger partial charge >= 0.3 is 0 Å². The van der Waals surface area contributed by atoms with E-state index in [-0.39, 0.29) is 12.2 Å². The van der Waals surface area contributed by atoms with Crippen LogP contribution in [0.2, 0.25) is 0 Å². The van der Waals surface area contributed by atoms with Crippen LogP contribution in [0.1, 0.15) is 48.0 Å². The SMILES string of the molecule is Cn1nnc2ccc(CNCC3CCN(c4ncc(C(=O)NOC5CCCCO5)cn4)CC3)cc21. The molecule has 11 heteroatoms. The second-order valence-electron chi connectivity index (χ2n) is 9.21. The van der Waals surface area contributed by atoms with Crippen LogP contribution in [0, 0.1) is 5.92 Å². The minimum atomic E-state index is -0.384. The lowest BCUT2D eigenvalue weighted by atomic mass is 9.97. The van der Waals surface area contributed by atoms with Gasteiger partial charge in [0.05, 0.1) is 11.1 Å². The van der Waals surface area contributed by atoms with E-state index in [2.05, 4.69) is 48.1 Å². The van der Waals surface area contributed by atoms with E-state index in [1.54, 1.807) is 17.1 Å². The molecule has 5 rings (SSSR count). The number of carbonyl (C=O) groups excluding carboxylic acids is 1. The fourth-order valence-electron chi connectivity index (χ4n) is 4.53. The number of rotatable bonds is 8. The van der Waals surface area contributed by atoms with E-state index in [0.717, 1.165) is 69.3 Å². The number of hydrogen-bond acceptors (Lipinski definition) is 9. The van der Waals surface area contributed by atoms with E-state index in [1.165, 1.54) is 5.56 Å². The highest BCUT2D eigenvalue weighted by Crippen LogP contribution is 2.20. The van der Waals surface area contributed by atoms with Crippen molar-refractivity contribution in [3.8, 4) is 0 Å². The number of anilines is 1. The molecular weight excluding hydrogens is 448 g/mol. The van der Waals surface area contributed by atoms with Gasteiger partial charge in [0, 0.05) is 52.1 Å². The van der Waals surface area contributed by atoms with Gasteiger partial charge < -0.3 is 15.0 Å². The monoisotopic (exact) mass is 480 g/mol. The van der Waals surface area contributed by atoms with Crippen molar-refractivity contribution in [1.82, 2.24) is 35.8 Å². The predicted molar refractivity (Wildman–Crippen MR) is 129 cm³/mol. The first-order valence-electron chi connectivity index (χ1n) is 12.3. The highest BCUT2D eigenvalue weighted by molar-refractivity contribution is 5.92. The number of amides is 1. The minimum absolute atomic E-state index is 0.365. The molecule has 1 unspecified atom stereocenters. The molecule has 2 N–H and O–H groups in total. The minimum Gasteiger partial charge on any atom is -0.350 e. The molecule has 2 saturated heterocycles. The van der Waals surface area contributed by atoms with Crippen molar-refractivity contribution < 1.29 is 14.4 Å². The van der Waals surface area contributed by atoms with Crippen LogP contribution in [0.3, 0.4) is 0 Å². The van der Waals surface area contributed by atoms with E-state index >= 15 is 0 Å². The van der Waals surface area contributed by atoms with Crippen LogP contribution in [0.5, 0.6) is 0 Å². The van der Waals surface area contributed by atoms with Crippen LogP contribution in [0.15, 0.2) is 30.6 Å². The molecule has 0 saturated carbocycles. The first-order valence-corrected chi connectivity index (χ1v) is 12.3. The maximum atomic E-state index is 12.3. The Balaban J connectivity index is 1.04. The van der Waals surface area contributed by atoms with Crippen molar-refractivity contribution >= 4 is 22.9 Å². The molecule has 35 heavy (non-hydrogen) atoms. The Morgan fingerprint density at radius 2 is 2.00 bits per heavy atom. The number of nitrogens with one attached hydrogen (secondary N) is 2. The summed E-state index contributed by atoms with van der Waals surface area (Å²) in [5.41, 5.74) is 6.01. The van der Waals surface area contributed by atoms with Gasteiger partial charge in [-0.2, -0.15) is 0 Å². The maximum absolute atomic E-state index is 12.3. The molecule has 0 radical (unpaired) electrons. The molecule has 2 aromatic heterocycles. The Labute approximate surface area is 204 Å². The zero-order valence-corrected chi connectivity index (χ0v) is 20.0. The van der Waals surface area contributed by atoms with Crippen LogP contribution >= 0.6 is 0 Å². The van der Waals surface area contributed by atoms with Gasteiger partial charge in [-0.3, -0.25) is 4.79 Å². The number of hydroxylamine groups is 1. The lowest BCUT2D eigenvalue weighted by Crippen LogP contribution is -2.38. The second kappa shape index (κ2) is 11.1. The summed E-state index contributed by atoms with van der Waals surface area (Å²) in [5, 5.41) is 11.8. The van der Waals surface area contributed by atoms with E-state index in [9.17, 15) is 4.79 Å². The van der Waals surface area contributed by atoms with Crippen molar-refractivity contribution in [2.24, 2.45) is 13.0 Å². The molecule has 3 aromatic rings. The summed E-state index contributed by atoms with van der Waals surface area (Å²) in [6.45, 7) is 4.25. The summed E-state index contributed by atoms with van der Waals surface area (Å²) in [5.74, 6) is 0.898. The van der Waals surface area contributed by atoms with Crippen LogP contribution in [-0.4, -0.2) is 63.4 Å². The van der Waals surface area contributed by atoms with Gasteiger partial charge in [-0.15, -0.1) is 5.10 Å². The number of aryl methyl sites for hydroxylation is 1. The summed E-state index contributed by atoms with van der Waals surface area (Å²) in [7, 11) is 1.91. The second-order valence-corrected chi connectivity index (χ2v) is 9.21. The molecule has 2 aliphatic rings. The quantitative estimate of drug-likeness (QED) is 0.466. The van der Waals surface area contributed by atoms with Crippen LogP contribution in [0.4, 0.5) is 5.95 Å². The predicted octanol–water partition coefficient (Wildman–Crippen LogP) is 1.95. The number of piperidine rings is 1. The first kappa shape index (κ1) is 23.6. The molecule has 4 heterocycles. The standard InChI is InChI=1S/C24H32N8O3/c1-31-21-12-18(5-6-20(21)28-30-31)14-25-13-17-7-9-32(10-8-17)24-26-15-19(16-27-24)23(33)29-35-22-4-2-3-11-34-22/h5-6,12,15-17,22,25H,2-4,7-11,13-14H2,1H3,(H,29,33). The molecule has 1 amide bonds. The van der Waals surface area contributed by atoms with Gasteiger partial charge in [0.2, 0.25) is 5.95 Å². The van der Waals surface area contributed by atoms with Crippen molar-refractivity contribution in [3.05, 3.63) is 41.7 Å². The Hall–Kier alpha value is -3.15. The highest BCUT2D eigenvalue weighted by atomic mass is 16.8. The van der Waals surface area contributed by atoms with Gasteiger partial charge in [-0.05, 0) is 55.8 Å². The molecule has 11 nitrogen and oxygen atoms in total. The summed E-state index contributed by atoms with van der Waals surface area (Å²) in [6.07, 6.45) is 7.68. The van der Waals surface area contributed by atoms with Crippen LogP contribution in [-0.2, 0) is 23.2 Å². The van der Waals surface area contributed by atoms with E-state index in [1.807, 2.05) is 13.1 Å². The number of ether oxygens (including phenoxy) is 1. The van der Waals surface area contributed by atoms with Gasteiger partial charge in [0.15, 0.2) is 6.29 Å². The summed E-state index contributed by atoms with van der Waals surface area (Å²) >= 11 is 0. The number of fused-ring (bicyclic) bond motifs is 1. The molecule has 0 bridgehead atoms. The zero-order chi connectivity index (χ0) is 24.0. The van der Waals surface area contributed by atoms with Crippen molar-refractivity contribution in [2.75, 3.05) is 31.1 Å². The lowest BCUT2D eigenvalue weighted by Gasteiger charge is -2.32. The summed E-state index contributed by atoms with van der Waals surface area (Å²) in [4.78, 5) is 28.6.